The number of phenols is 1. The van der Waals surface area contributed by atoms with Gasteiger partial charge in [0.25, 0.3) is 0 Å². The first-order valence-electron chi connectivity index (χ1n) is 5.33. The molecule has 2 N–H and O–H groups in total. The third-order valence-electron chi connectivity index (χ3n) is 2.42. The lowest BCUT2D eigenvalue weighted by Gasteiger charge is -2.12. The number of benzene rings is 1. The molecule has 1 unspecified atom stereocenters. The van der Waals surface area contributed by atoms with Crippen LogP contribution < -0.4 is 5.32 Å². The second-order valence-corrected chi connectivity index (χ2v) is 4.25. The summed E-state index contributed by atoms with van der Waals surface area (Å²) < 4.78 is 4.91. The molecule has 0 saturated heterocycles. The van der Waals surface area contributed by atoms with Crippen LogP contribution in [0.4, 0.5) is 5.69 Å². The number of rotatable bonds is 5. The average molecular weight is 258 g/mol. The highest BCUT2D eigenvalue weighted by atomic mass is 35.5. The summed E-state index contributed by atoms with van der Waals surface area (Å²) in [5.74, 6) is -0.233. The normalized spacial score (nSPS) is 12.2. The first-order chi connectivity index (χ1) is 8.04. The Labute approximate surface area is 106 Å². The zero-order valence-corrected chi connectivity index (χ0v) is 10.6. The van der Waals surface area contributed by atoms with Gasteiger partial charge in [-0.05, 0) is 24.6 Å². The zero-order valence-electron chi connectivity index (χ0n) is 9.87. The molecule has 5 heteroatoms. The lowest BCUT2D eigenvalue weighted by atomic mass is 10.1. The highest BCUT2D eigenvalue weighted by Crippen LogP contribution is 2.26. The molecule has 0 saturated carbocycles. The summed E-state index contributed by atoms with van der Waals surface area (Å²) in [7, 11) is 1.60. The number of ether oxygens (including phenoxy) is 1. The molecular weight excluding hydrogens is 242 g/mol. The Bertz CT molecular complexity index is 395. The van der Waals surface area contributed by atoms with Gasteiger partial charge in [0, 0.05) is 25.3 Å². The Balaban J connectivity index is 2.58. The Hall–Kier alpha value is -1.26. The van der Waals surface area contributed by atoms with E-state index < -0.39 is 0 Å². The molecule has 1 atom stereocenters. The molecule has 0 spiro atoms. The number of carbonyl (C=O) groups is 1. The molecule has 0 radical (unpaired) electrons. The number of hydrogen-bond acceptors (Lipinski definition) is 3. The molecule has 0 heterocycles. The smallest absolute Gasteiger partial charge is 0.227 e. The van der Waals surface area contributed by atoms with Crippen molar-refractivity contribution in [2.45, 2.75) is 13.3 Å². The minimum absolute atomic E-state index is 0.00269. The van der Waals surface area contributed by atoms with Gasteiger partial charge in [0.15, 0.2) is 0 Å². The van der Waals surface area contributed by atoms with Crippen molar-refractivity contribution in [2.24, 2.45) is 5.92 Å². The number of amides is 1. The van der Waals surface area contributed by atoms with Crippen molar-refractivity contribution in [3.05, 3.63) is 23.2 Å². The number of carbonyl (C=O) groups excluding carboxylic acids is 1. The number of anilines is 1. The fourth-order valence-corrected chi connectivity index (χ4v) is 1.46. The minimum atomic E-state index is -0.137. The standard InChI is InChI=1S/C12H16ClNO3/c1-8(5-6-17-2)12(16)14-9-3-4-11(15)10(13)7-9/h3-4,7-8,15H,5-6H2,1-2H3,(H,14,16). The molecule has 17 heavy (non-hydrogen) atoms. The van der Waals surface area contributed by atoms with E-state index in [0.29, 0.717) is 18.7 Å². The first kappa shape index (κ1) is 13.8. The monoisotopic (exact) mass is 257 g/mol. The van der Waals surface area contributed by atoms with Gasteiger partial charge in [-0.25, -0.2) is 0 Å². The molecule has 1 aromatic carbocycles. The molecule has 1 aromatic rings. The van der Waals surface area contributed by atoms with Crippen LogP contribution in [0.25, 0.3) is 0 Å². The molecule has 0 fully saturated rings. The van der Waals surface area contributed by atoms with Gasteiger partial charge in [-0.15, -0.1) is 0 Å². The Morgan fingerprint density at radius 2 is 2.29 bits per heavy atom. The van der Waals surface area contributed by atoms with Crippen molar-refractivity contribution in [3.8, 4) is 5.75 Å². The highest BCUT2D eigenvalue weighted by molar-refractivity contribution is 6.32. The summed E-state index contributed by atoms with van der Waals surface area (Å²) in [4.78, 5) is 11.7. The van der Waals surface area contributed by atoms with E-state index in [1.165, 1.54) is 12.1 Å². The molecule has 0 aliphatic heterocycles. The van der Waals surface area contributed by atoms with Crippen molar-refractivity contribution in [2.75, 3.05) is 19.0 Å². The Morgan fingerprint density at radius 3 is 2.88 bits per heavy atom. The van der Waals surface area contributed by atoms with E-state index in [1.54, 1.807) is 13.2 Å². The summed E-state index contributed by atoms with van der Waals surface area (Å²) in [6, 6.07) is 4.55. The van der Waals surface area contributed by atoms with Gasteiger partial charge in [-0.2, -0.15) is 0 Å². The van der Waals surface area contributed by atoms with Crippen molar-refractivity contribution in [3.63, 3.8) is 0 Å². The summed E-state index contributed by atoms with van der Waals surface area (Å²) in [6.45, 7) is 2.38. The minimum Gasteiger partial charge on any atom is -0.506 e. The van der Waals surface area contributed by atoms with E-state index in [0.717, 1.165) is 0 Å². The maximum absolute atomic E-state index is 11.7. The Kier molecular flexibility index (Phi) is 5.25. The van der Waals surface area contributed by atoms with Gasteiger partial charge in [0.1, 0.15) is 5.75 Å². The summed E-state index contributed by atoms with van der Waals surface area (Å²) >= 11 is 5.74. The van der Waals surface area contributed by atoms with Crippen LogP contribution >= 0.6 is 11.6 Å². The highest BCUT2D eigenvalue weighted by Gasteiger charge is 2.13. The fourth-order valence-electron chi connectivity index (χ4n) is 1.28. The zero-order chi connectivity index (χ0) is 12.8. The van der Waals surface area contributed by atoms with E-state index >= 15 is 0 Å². The quantitative estimate of drug-likeness (QED) is 0.798. The maximum Gasteiger partial charge on any atom is 0.227 e. The largest absolute Gasteiger partial charge is 0.506 e. The predicted molar refractivity (Wildman–Crippen MR) is 67.4 cm³/mol. The second-order valence-electron chi connectivity index (χ2n) is 3.84. The molecule has 0 aliphatic carbocycles. The first-order valence-corrected chi connectivity index (χ1v) is 5.70. The molecule has 94 valence electrons. The summed E-state index contributed by atoms with van der Waals surface area (Å²) in [5.41, 5.74) is 0.571. The van der Waals surface area contributed by atoms with Gasteiger partial charge in [-0.1, -0.05) is 18.5 Å². The number of phenolic OH excluding ortho intramolecular Hbond substituents is 1. The van der Waals surface area contributed by atoms with Crippen LogP contribution in [0.2, 0.25) is 5.02 Å². The van der Waals surface area contributed by atoms with Crippen molar-refractivity contribution >= 4 is 23.2 Å². The van der Waals surface area contributed by atoms with Crippen LogP contribution in [-0.2, 0) is 9.53 Å². The third-order valence-corrected chi connectivity index (χ3v) is 2.72. The molecule has 0 bridgehead atoms. The molecule has 1 amide bonds. The number of nitrogens with one attached hydrogen (secondary N) is 1. The van der Waals surface area contributed by atoms with Gasteiger partial charge >= 0.3 is 0 Å². The van der Waals surface area contributed by atoms with Crippen LogP contribution in [0.15, 0.2) is 18.2 Å². The number of methoxy groups -OCH3 is 1. The van der Waals surface area contributed by atoms with Crippen molar-refractivity contribution in [1.82, 2.24) is 0 Å². The van der Waals surface area contributed by atoms with Crippen molar-refractivity contribution in [1.29, 1.82) is 0 Å². The summed E-state index contributed by atoms with van der Waals surface area (Å²) in [6.07, 6.45) is 0.661. The topological polar surface area (TPSA) is 58.6 Å². The molecular formula is C12H16ClNO3. The van der Waals surface area contributed by atoms with Crippen LogP contribution in [0.3, 0.4) is 0 Å². The van der Waals surface area contributed by atoms with Crippen LogP contribution in [0.5, 0.6) is 5.75 Å². The van der Waals surface area contributed by atoms with E-state index in [2.05, 4.69) is 5.32 Å². The van der Waals surface area contributed by atoms with Crippen LogP contribution in [0, 0.1) is 5.92 Å². The van der Waals surface area contributed by atoms with Crippen molar-refractivity contribution < 1.29 is 14.6 Å². The van der Waals surface area contributed by atoms with Gasteiger partial charge in [0.05, 0.1) is 5.02 Å². The van der Waals surface area contributed by atoms with Gasteiger partial charge in [0.2, 0.25) is 5.91 Å². The SMILES string of the molecule is COCCC(C)C(=O)Nc1ccc(O)c(Cl)c1. The predicted octanol–water partition coefficient (Wildman–Crippen LogP) is 2.66. The molecule has 0 aliphatic rings. The molecule has 4 nitrogen and oxygen atoms in total. The lowest BCUT2D eigenvalue weighted by Crippen LogP contribution is -2.21. The van der Waals surface area contributed by atoms with Gasteiger partial charge in [-0.3, -0.25) is 4.79 Å². The maximum atomic E-state index is 11.7. The van der Waals surface area contributed by atoms with E-state index in [-0.39, 0.29) is 22.6 Å². The molecule has 0 aromatic heterocycles. The second kappa shape index (κ2) is 6.47. The van der Waals surface area contributed by atoms with Crippen LogP contribution in [-0.4, -0.2) is 24.7 Å². The lowest BCUT2D eigenvalue weighted by molar-refractivity contribution is -0.119. The third kappa shape index (κ3) is 4.24. The Morgan fingerprint density at radius 1 is 1.59 bits per heavy atom. The summed E-state index contributed by atoms with van der Waals surface area (Å²) in [5, 5.41) is 12.2. The van der Waals surface area contributed by atoms with E-state index in [4.69, 9.17) is 16.3 Å². The van der Waals surface area contributed by atoms with Crippen LogP contribution in [0.1, 0.15) is 13.3 Å². The fraction of sp³-hybridized carbons (Fsp3) is 0.417. The van der Waals surface area contributed by atoms with E-state index in [1.807, 2.05) is 6.92 Å². The average Bonchev–Trinajstić information content (AvgIpc) is 2.30. The van der Waals surface area contributed by atoms with Gasteiger partial charge < -0.3 is 15.2 Å². The molecule has 1 rings (SSSR count). The number of hydrogen-bond donors (Lipinski definition) is 2. The van der Waals surface area contributed by atoms with E-state index in [9.17, 15) is 9.90 Å². The number of halogens is 1. The number of aromatic hydroxyl groups is 1.